The van der Waals surface area contributed by atoms with Crippen molar-refractivity contribution in [1.82, 2.24) is 4.57 Å². The molecule has 3 aromatic rings. The van der Waals surface area contributed by atoms with Crippen LogP contribution < -0.4 is 0 Å². The second kappa shape index (κ2) is 6.94. The molecule has 0 unspecified atom stereocenters. The van der Waals surface area contributed by atoms with Crippen molar-refractivity contribution < 1.29 is 15.0 Å². The van der Waals surface area contributed by atoms with Gasteiger partial charge in [-0.15, -0.1) is 11.3 Å². The van der Waals surface area contributed by atoms with Crippen molar-refractivity contribution in [3.05, 3.63) is 74.6 Å². The highest BCUT2D eigenvalue weighted by Crippen LogP contribution is 2.38. The number of hydrogen-bond donors (Lipinski definition) is 2. The van der Waals surface area contributed by atoms with Gasteiger partial charge in [-0.25, -0.2) is 4.79 Å². The Morgan fingerprint density at radius 3 is 2.59 bits per heavy atom. The van der Waals surface area contributed by atoms with Crippen LogP contribution in [0.15, 0.2) is 59.6 Å². The molecule has 0 fully saturated rings. The van der Waals surface area contributed by atoms with Gasteiger partial charge in [0.1, 0.15) is 0 Å². The zero-order valence-corrected chi connectivity index (χ0v) is 15.6. The molecule has 2 heterocycles. The summed E-state index contributed by atoms with van der Waals surface area (Å²) < 4.78 is 1.57. The lowest BCUT2D eigenvalue weighted by atomic mass is 10.1. The summed E-state index contributed by atoms with van der Waals surface area (Å²) in [7, 11) is 0. The van der Waals surface area contributed by atoms with E-state index in [1.54, 1.807) is 36.6 Å². The van der Waals surface area contributed by atoms with Crippen molar-refractivity contribution in [1.29, 1.82) is 0 Å². The van der Waals surface area contributed by atoms with Gasteiger partial charge in [0, 0.05) is 17.4 Å². The summed E-state index contributed by atoms with van der Waals surface area (Å²) in [6.07, 6.45) is 3.51. The number of para-hydroxylation sites is 1. The average molecular weight is 394 g/mol. The van der Waals surface area contributed by atoms with Gasteiger partial charge in [-0.05, 0) is 29.9 Å². The Labute approximate surface area is 164 Å². The third kappa shape index (κ3) is 3.11. The zero-order chi connectivity index (χ0) is 19.0. The molecule has 0 bridgehead atoms. The molecular weight excluding hydrogens is 380 g/mol. The molecule has 2 aromatic carbocycles. The van der Waals surface area contributed by atoms with Crippen molar-refractivity contribution in [2.45, 2.75) is 6.04 Å². The molecule has 134 valence electrons. The number of aliphatic carboxylic acids is 1. The van der Waals surface area contributed by atoms with E-state index in [4.69, 9.17) is 12.2 Å². The van der Waals surface area contributed by atoms with E-state index in [0.717, 1.165) is 16.8 Å². The predicted molar refractivity (Wildman–Crippen MR) is 109 cm³/mol. The number of fused-ring (bicyclic) bond motifs is 1. The summed E-state index contributed by atoms with van der Waals surface area (Å²) in [6.45, 7) is 0. The molecule has 4 rings (SSSR count). The van der Waals surface area contributed by atoms with Gasteiger partial charge in [-0.3, -0.25) is 9.56 Å². The number of thiazole rings is 1. The van der Waals surface area contributed by atoms with E-state index in [1.165, 1.54) is 15.9 Å². The number of carboxylic acids is 1. The first-order valence-corrected chi connectivity index (χ1v) is 9.36. The van der Waals surface area contributed by atoms with Gasteiger partial charge in [-0.2, -0.15) is 0 Å². The number of aromatic nitrogens is 1. The number of hydrogen-bond acceptors (Lipinski definition) is 5. The summed E-state index contributed by atoms with van der Waals surface area (Å²) in [6, 6.07) is 15.3. The van der Waals surface area contributed by atoms with E-state index in [1.807, 2.05) is 30.3 Å². The van der Waals surface area contributed by atoms with Crippen LogP contribution >= 0.6 is 23.6 Å². The number of carbonyl (C=O) groups is 1. The second-order valence-electron chi connectivity index (χ2n) is 5.95. The number of carboxylic acid groups (broad SMARTS) is 1. The van der Waals surface area contributed by atoms with Crippen LogP contribution in [0.1, 0.15) is 22.0 Å². The smallest absolute Gasteiger partial charge is 0.331 e. The molecule has 1 atom stereocenters. The maximum absolute atomic E-state index is 11.9. The molecule has 27 heavy (non-hydrogen) atoms. The molecule has 7 heteroatoms. The highest BCUT2D eigenvalue weighted by molar-refractivity contribution is 7.73. The summed E-state index contributed by atoms with van der Waals surface area (Å²) in [5.74, 6) is -1.25. The first-order valence-electron chi connectivity index (χ1n) is 8.13. The van der Waals surface area contributed by atoms with Gasteiger partial charge in [0.05, 0.1) is 10.6 Å². The number of nitrogens with zero attached hydrogens (tertiary/aromatic N) is 2. The number of aliphatic imine (C=N–C) groups is 1. The van der Waals surface area contributed by atoms with Crippen LogP contribution in [-0.2, 0) is 4.79 Å². The van der Waals surface area contributed by atoms with Crippen molar-refractivity contribution in [3.8, 4) is 5.88 Å². The van der Waals surface area contributed by atoms with Gasteiger partial charge in [0.2, 0.25) is 5.88 Å². The van der Waals surface area contributed by atoms with Gasteiger partial charge in [0.25, 0.3) is 0 Å². The fourth-order valence-corrected chi connectivity index (χ4v) is 4.36. The van der Waals surface area contributed by atoms with Crippen LogP contribution in [0.25, 0.3) is 11.6 Å². The fraction of sp³-hybridized carbons (Fsp3) is 0.0500. The lowest BCUT2D eigenvalue weighted by molar-refractivity contribution is -0.139. The molecule has 0 spiro atoms. The normalized spacial score (nSPS) is 15.0. The highest BCUT2D eigenvalue weighted by atomic mass is 32.1. The van der Waals surface area contributed by atoms with Crippen LogP contribution in [0.3, 0.4) is 0 Å². The molecule has 0 radical (unpaired) electrons. The second-order valence-corrected chi connectivity index (χ2v) is 7.63. The maximum atomic E-state index is 11.9. The number of rotatable bonds is 4. The van der Waals surface area contributed by atoms with Gasteiger partial charge < -0.3 is 10.2 Å². The largest absolute Gasteiger partial charge is 0.493 e. The zero-order valence-electron chi connectivity index (χ0n) is 13.9. The van der Waals surface area contributed by atoms with E-state index < -0.39 is 12.0 Å². The SMILES string of the molecule is O=C(O)[C@@H](c1ccccc1)n1c(O)c(C=C2C=Nc3ccccc32)sc1=S. The molecule has 5 nitrogen and oxygen atoms in total. The molecule has 0 amide bonds. The van der Waals surface area contributed by atoms with Crippen LogP contribution in [-0.4, -0.2) is 27.0 Å². The molecule has 0 aliphatic carbocycles. The first-order chi connectivity index (χ1) is 13.1. The Kier molecular flexibility index (Phi) is 4.47. The first kappa shape index (κ1) is 17.4. The third-order valence-electron chi connectivity index (χ3n) is 4.29. The van der Waals surface area contributed by atoms with E-state index in [9.17, 15) is 15.0 Å². The topological polar surface area (TPSA) is 74.8 Å². The molecule has 2 N–H and O–H groups in total. The predicted octanol–water partition coefficient (Wildman–Crippen LogP) is 4.92. The number of aromatic hydroxyl groups is 1. The Morgan fingerprint density at radius 1 is 1.15 bits per heavy atom. The Morgan fingerprint density at radius 2 is 1.85 bits per heavy atom. The monoisotopic (exact) mass is 394 g/mol. The van der Waals surface area contributed by atoms with E-state index in [-0.39, 0.29) is 5.88 Å². The third-order valence-corrected chi connectivity index (χ3v) is 5.63. The highest BCUT2D eigenvalue weighted by Gasteiger charge is 2.27. The molecule has 1 aliphatic rings. The quantitative estimate of drug-likeness (QED) is 0.616. The average Bonchev–Trinajstić information content (AvgIpc) is 3.19. The van der Waals surface area contributed by atoms with Crippen LogP contribution in [0.5, 0.6) is 5.88 Å². The van der Waals surface area contributed by atoms with Gasteiger partial charge >= 0.3 is 5.97 Å². The van der Waals surface area contributed by atoms with Gasteiger partial charge in [-0.1, -0.05) is 48.5 Å². The standard InChI is InChI=1S/C20H14N2O3S2/c23-18-16(10-13-11-21-15-9-5-4-8-14(13)15)27-20(26)22(18)17(19(24)25)12-6-2-1-3-7-12/h1-11,17,23H,(H,24,25)/t17-/m1/s1. The van der Waals surface area contributed by atoms with E-state index in [2.05, 4.69) is 4.99 Å². The Bertz CT molecular complexity index is 1140. The number of allylic oxidation sites excluding steroid dienone is 1. The maximum Gasteiger partial charge on any atom is 0.331 e. The molecule has 0 saturated carbocycles. The lowest BCUT2D eigenvalue weighted by Gasteiger charge is -2.15. The summed E-state index contributed by atoms with van der Waals surface area (Å²) in [4.78, 5) is 16.8. The fourth-order valence-electron chi connectivity index (χ4n) is 3.05. The van der Waals surface area contributed by atoms with Crippen molar-refractivity contribution in [2.75, 3.05) is 0 Å². The molecule has 1 aromatic heterocycles. The van der Waals surface area contributed by atoms with E-state index in [0.29, 0.717) is 14.4 Å². The lowest BCUT2D eigenvalue weighted by Crippen LogP contribution is -2.20. The van der Waals surface area contributed by atoms with Crippen LogP contribution in [0.4, 0.5) is 5.69 Å². The Hall–Kier alpha value is -3.03. The van der Waals surface area contributed by atoms with Crippen LogP contribution in [0, 0.1) is 3.95 Å². The summed E-state index contributed by atoms with van der Waals surface area (Å²) in [5.41, 5.74) is 3.21. The van der Waals surface area contributed by atoms with Crippen LogP contribution in [0.2, 0.25) is 0 Å². The molecule has 0 saturated heterocycles. The number of benzene rings is 2. The minimum Gasteiger partial charge on any atom is -0.493 e. The molecule has 1 aliphatic heterocycles. The summed E-state index contributed by atoms with van der Waals surface area (Å²) >= 11 is 6.54. The minimum atomic E-state index is -1.09. The van der Waals surface area contributed by atoms with E-state index >= 15 is 0 Å². The Balaban J connectivity index is 1.82. The van der Waals surface area contributed by atoms with Gasteiger partial charge in [0.15, 0.2) is 10.00 Å². The van der Waals surface area contributed by atoms with Crippen molar-refractivity contribution >= 4 is 53.1 Å². The van der Waals surface area contributed by atoms with Crippen molar-refractivity contribution in [2.24, 2.45) is 4.99 Å². The molecular formula is C20H14N2O3S2. The van der Waals surface area contributed by atoms with Crippen molar-refractivity contribution in [3.63, 3.8) is 0 Å². The minimum absolute atomic E-state index is 0.161. The summed E-state index contributed by atoms with van der Waals surface area (Å²) in [5, 5.41) is 20.5.